The van der Waals surface area contributed by atoms with Crippen LogP contribution in [-0.4, -0.2) is 32.1 Å². The second-order valence-electron chi connectivity index (χ2n) is 3.57. The molecule has 1 aromatic rings. The topological polar surface area (TPSA) is 40.9 Å². The zero-order chi connectivity index (χ0) is 10.4. The van der Waals surface area contributed by atoms with Crippen molar-refractivity contribution in [2.24, 2.45) is 5.16 Å². The SMILES string of the molecule is C[NH+](C)CC[n+]1ccc(/C=N/O)cc1.[Cl-].[Cl-]. The lowest BCUT2D eigenvalue weighted by atomic mass is 10.3. The molecule has 2 N–H and O–H groups in total. The van der Waals surface area contributed by atoms with E-state index in [1.165, 1.54) is 11.1 Å². The van der Waals surface area contributed by atoms with E-state index in [0.717, 1.165) is 18.7 Å². The van der Waals surface area contributed by atoms with Crippen LogP contribution in [0.5, 0.6) is 0 Å². The predicted octanol–water partition coefficient (Wildman–Crippen LogP) is -7.07. The summed E-state index contributed by atoms with van der Waals surface area (Å²) in [4.78, 5) is 1.43. The summed E-state index contributed by atoms with van der Waals surface area (Å²) in [6.07, 6.45) is 5.39. The van der Waals surface area contributed by atoms with E-state index < -0.39 is 0 Å². The van der Waals surface area contributed by atoms with Gasteiger partial charge in [-0.2, -0.15) is 4.57 Å². The molecule has 6 heteroatoms. The lowest BCUT2D eigenvalue weighted by Gasteiger charge is -2.03. The van der Waals surface area contributed by atoms with Crippen LogP contribution >= 0.6 is 0 Å². The molecular formula is C10H17Cl2N3O. The van der Waals surface area contributed by atoms with Gasteiger partial charge >= 0.3 is 0 Å². The standard InChI is InChI=1S/C10H15N3O.2ClH/c1-12(2)7-8-13-5-3-10(4-6-13)9-11-14;;/h3-6,9H,7-8H2,1-2H3;2*1H. The second-order valence-corrected chi connectivity index (χ2v) is 3.57. The number of nitrogens with one attached hydrogen (secondary N) is 1. The Morgan fingerprint density at radius 1 is 1.31 bits per heavy atom. The average Bonchev–Trinajstić information content (AvgIpc) is 2.17. The smallest absolute Gasteiger partial charge is 0.196 e. The van der Waals surface area contributed by atoms with Crippen molar-refractivity contribution in [1.29, 1.82) is 0 Å². The molecule has 0 aromatic carbocycles. The van der Waals surface area contributed by atoms with Gasteiger partial charge in [0.2, 0.25) is 0 Å². The molecule has 16 heavy (non-hydrogen) atoms. The number of quaternary nitrogens is 1. The summed E-state index contributed by atoms with van der Waals surface area (Å²) >= 11 is 0. The van der Waals surface area contributed by atoms with E-state index in [1.807, 2.05) is 24.5 Å². The van der Waals surface area contributed by atoms with E-state index in [-0.39, 0.29) is 24.8 Å². The van der Waals surface area contributed by atoms with Gasteiger partial charge in [-0.25, -0.2) is 0 Å². The summed E-state index contributed by atoms with van der Waals surface area (Å²) in [6.45, 7) is 2.09. The van der Waals surface area contributed by atoms with Gasteiger partial charge in [-0.1, -0.05) is 5.16 Å². The second kappa shape index (κ2) is 9.39. The molecule has 1 aromatic heterocycles. The van der Waals surface area contributed by atoms with E-state index in [1.54, 1.807) is 0 Å². The van der Waals surface area contributed by atoms with Gasteiger partial charge in [-0.3, -0.25) is 0 Å². The Hall–Kier alpha value is -0.840. The molecule has 1 heterocycles. The fourth-order valence-corrected chi connectivity index (χ4v) is 1.12. The van der Waals surface area contributed by atoms with Crippen LogP contribution < -0.4 is 34.3 Å². The molecule has 0 fully saturated rings. The zero-order valence-corrected chi connectivity index (χ0v) is 10.9. The molecule has 0 aliphatic rings. The Bertz CT molecular complexity index is 301. The molecule has 0 bridgehead atoms. The number of hydrogen-bond donors (Lipinski definition) is 2. The van der Waals surface area contributed by atoms with Crippen LogP contribution in [0.3, 0.4) is 0 Å². The van der Waals surface area contributed by atoms with Gasteiger partial charge < -0.3 is 34.9 Å². The Morgan fingerprint density at radius 3 is 2.31 bits per heavy atom. The number of hydrogen-bond acceptors (Lipinski definition) is 2. The number of rotatable bonds is 4. The third-order valence-electron chi connectivity index (χ3n) is 1.99. The van der Waals surface area contributed by atoms with Crippen LogP contribution in [0.15, 0.2) is 29.7 Å². The molecule has 4 nitrogen and oxygen atoms in total. The number of halogens is 2. The Morgan fingerprint density at radius 2 is 1.88 bits per heavy atom. The van der Waals surface area contributed by atoms with E-state index in [9.17, 15) is 0 Å². The first-order chi connectivity index (χ1) is 6.72. The van der Waals surface area contributed by atoms with Gasteiger partial charge in [0, 0.05) is 17.7 Å². The van der Waals surface area contributed by atoms with E-state index in [4.69, 9.17) is 5.21 Å². The lowest BCUT2D eigenvalue weighted by molar-refractivity contribution is -0.883. The first-order valence-electron chi connectivity index (χ1n) is 4.68. The van der Waals surface area contributed by atoms with Gasteiger partial charge in [-0.15, -0.1) is 0 Å². The molecule has 0 unspecified atom stereocenters. The maximum absolute atomic E-state index is 8.32. The van der Waals surface area contributed by atoms with Crippen LogP contribution in [0, 0.1) is 0 Å². The number of oxime groups is 1. The molecule has 0 aliphatic heterocycles. The van der Waals surface area contributed by atoms with Crippen LogP contribution in [-0.2, 0) is 6.54 Å². The summed E-state index contributed by atoms with van der Waals surface area (Å²) in [6, 6.07) is 3.84. The molecule has 0 amide bonds. The highest BCUT2D eigenvalue weighted by Gasteiger charge is 2.02. The van der Waals surface area contributed by atoms with Crippen molar-refractivity contribution in [1.82, 2.24) is 0 Å². The van der Waals surface area contributed by atoms with E-state index in [0.29, 0.717) is 0 Å². The van der Waals surface area contributed by atoms with Crippen LogP contribution in [0.4, 0.5) is 0 Å². The zero-order valence-electron chi connectivity index (χ0n) is 9.40. The van der Waals surface area contributed by atoms with Crippen molar-refractivity contribution in [3.63, 3.8) is 0 Å². The highest BCUT2D eigenvalue weighted by molar-refractivity contribution is 5.78. The molecule has 0 spiro atoms. The Balaban J connectivity index is 0. The van der Waals surface area contributed by atoms with E-state index >= 15 is 0 Å². The Kier molecular flexibility index (Phi) is 10.3. The molecule has 0 aliphatic carbocycles. The van der Waals surface area contributed by atoms with Crippen molar-refractivity contribution >= 4 is 6.21 Å². The molecule has 92 valence electrons. The summed E-state index contributed by atoms with van der Waals surface area (Å²) in [7, 11) is 4.26. The fourth-order valence-electron chi connectivity index (χ4n) is 1.12. The summed E-state index contributed by atoms with van der Waals surface area (Å²) < 4.78 is 2.11. The van der Waals surface area contributed by atoms with Crippen LogP contribution in [0.25, 0.3) is 0 Å². The maximum Gasteiger partial charge on any atom is 0.196 e. The molecule has 0 radical (unpaired) electrons. The summed E-state index contributed by atoms with van der Waals surface area (Å²) in [5.74, 6) is 0. The van der Waals surface area contributed by atoms with E-state index in [2.05, 4.69) is 23.8 Å². The summed E-state index contributed by atoms with van der Waals surface area (Å²) in [5, 5.41) is 11.3. The molecule has 1 rings (SSSR count). The highest BCUT2D eigenvalue weighted by Crippen LogP contribution is 1.89. The van der Waals surface area contributed by atoms with Crippen molar-refractivity contribution in [2.45, 2.75) is 6.54 Å². The largest absolute Gasteiger partial charge is 1.00 e. The van der Waals surface area contributed by atoms with Crippen molar-refractivity contribution < 1.29 is 39.5 Å². The minimum absolute atomic E-state index is 0. The van der Waals surface area contributed by atoms with Crippen molar-refractivity contribution in [2.75, 3.05) is 20.6 Å². The molecule has 0 saturated heterocycles. The summed E-state index contributed by atoms with van der Waals surface area (Å²) in [5.41, 5.74) is 0.904. The minimum Gasteiger partial charge on any atom is -1.00 e. The fraction of sp³-hybridized carbons (Fsp3) is 0.400. The average molecular weight is 266 g/mol. The van der Waals surface area contributed by atoms with Crippen LogP contribution in [0.2, 0.25) is 0 Å². The molecule has 0 saturated carbocycles. The molecule has 0 atom stereocenters. The number of aromatic nitrogens is 1. The predicted molar refractivity (Wildman–Crippen MR) is 53.7 cm³/mol. The van der Waals surface area contributed by atoms with Gasteiger partial charge in [0.1, 0.15) is 6.54 Å². The lowest BCUT2D eigenvalue weighted by Crippen LogP contribution is -3.06. The number of likely N-dealkylation sites (N-methyl/N-ethyl adjacent to an activating group) is 1. The van der Waals surface area contributed by atoms with Crippen LogP contribution in [0.1, 0.15) is 5.56 Å². The normalized spacial score (nSPS) is 9.94. The van der Waals surface area contributed by atoms with Crippen molar-refractivity contribution in [3.8, 4) is 0 Å². The van der Waals surface area contributed by atoms with Gasteiger partial charge in [0.05, 0.1) is 20.3 Å². The van der Waals surface area contributed by atoms with Gasteiger partial charge in [0.25, 0.3) is 0 Å². The minimum atomic E-state index is 0. The van der Waals surface area contributed by atoms with Crippen molar-refractivity contribution in [3.05, 3.63) is 30.1 Å². The van der Waals surface area contributed by atoms with Gasteiger partial charge in [-0.05, 0) is 0 Å². The highest BCUT2D eigenvalue weighted by atomic mass is 35.5. The number of pyridine rings is 1. The third-order valence-corrected chi connectivity index (χ3v) is 1.99. The third kappa shape index (κ3) is 6.61. The van der Waals surface area contributed by atoms with Gasteiger partial charge in [0.15, 0.2) is 18.9 Å². The first kappa shape index (κ1) is 17.6. The number of nitrogens with zero attached hydrogens (tertiary/aromatic N) is 2. The maximum atomic E-state index is 8.32. The quantitative estimate of drug-likeness (QED) is 0.242. The first-order valence-corrected chi connectivity index (χ1v) is 4.68. The Labute approximate surface area is 108 Å². The molecular weight excluding hydrogens is 249 g/mol. The monoisotopic (exact) mass is 265 g/mol.